The number of carbonyl (C=O) groups excluding carboxylic acids is 2. The SMILES string of the molecule is Cc1cnccc1CCNC(=O)N[C@@H]1CCC[C@@H](C(=O)NC(C)C)C1. The fourth-order valence-electron chi connectivity index (χ4n) is 3.29. The standard InChI is InChI=1S/C19H30N4O2/c1-13(2)22-18(24)16-5-4-6-17(11-16)23-19(25)21-10-8-15-7-9-20-12-14(15)3/h7,9,12-13,16-17H,4-6,8,10-11H2,1-3H3,(H,22,24)(H2,21,23,25)/t16-,17-/m1/s1. The van der Waals surface area contributed by atoms with E-state index in [9.17, 15) is 9.59 Å². The average molecular weight is 346 g/mol. The van der Waals surface area contributed by atoms with Crippen LogP contribution in [0.25, 0.3) is 0 Å². The lowest BCUT2D eigenvalue weighted by atomic mass is 9.85. The zero-order valence-corrected chi connectivity index (χ0v) is 15.5. The Bertz CT molecular complexity index is 589. The minimum Gasteiger partial charge on any atom is -0.354 e. The number of urea groups is 1. The highest BCUT2D eigenvalue weighted by molar-refractivity contribution is 5.79. The topological polar surface area (TPSA) is 83.1 Å². The van der Waals surface area contributed by atoms with Crippen LogP contribution in [0.4, 0.5) is 4.79 Å². The van der Waals surface area contributed by atoms with Crippen molar-refractivity contribution in [2.45, 2.75) is 65.0 Å². The molecule has 1 saturated carbocycles. The molecule has 6 heteroatoms. The quantitative estimate of drug-likeness (QED) is 0.739. The number of nitrogens with zero attached hydrogens (tertiary/aromatic N) is 1. The van der Waals surface area contributed by atoms with Gasteiger partial charge in [0.15, 0.2) is 0 Å². The summed E-state index contributed by atoms with van der Waals surface area (Å²) in [5.74, 6) is 0.107. The van der Waals surface area contributed by atoms with Crippen LogP contribution >= 0.6 is 0 Å². The molecular formula is C19H30N4O2. The average Bonchev–Trinajstić information content (AvgIpc) is 2.56. The third kappa shape index (κ3) is 6.36. The molecule has 1 heterocycles. The summed E-state index contributed by atoms with van der Waals surface area (Å²) in [5.41, 5.74) is 2.33. The third-order valence-electron chi connectivity index (χ3n) is 4.63. The van der Waals surface area contributed by atoms with Crippen molar-refractivity contribution in [2.24, 2.45) is 5.92 Å². The highest BCUT2D eigenvalue weighted by Crippen LogP contribution is 2.24. The van der Waals surface area contributed by atoms with E-state index in [1.54, 1.807) is 6.20 Å². The Kier molecular flexibility index (Phi) is 7.22. The van der Waals surface area contributed by atoms with Gasteiger partial charge in [-0.1, -0.05) is 6.42 Å². The minimum atomic E-state index is -0.151. The lowest BCUT2D eigenvalue weighted by Gasteiger charge is -2.29. The summed E-state index contributed by atoms with van der Waals surface area (Å²) in [6, 6.07) is 2.05. The maximum atomic E-state index is 12.2. The molecule has 2 rings (SSSR count). The molecule has 0 aromatic carbocycles. The fourth-order valence-corrected chi connectivity index (χ4v) is 3.29. The number of aryl methyl sites for hydroxylation is 1. The largest absolute Gasteiger partial charge is 0.354 e. The van der Waals surface area contributed by atoms with Gasteiger partial charge in [-0.15, -0.1) is 0 Å². The maximum absolute atomic E-state index is 12.2. The van der Waals surface area contributed by atoms with E-state index in [1.807, 2.05) is 33.0 Å². The van der Waals surface area contributed by atoms with Crippen LogP contribution in [-0.2, 0) is 11.2 Å². The molecule has 3 amide bonds. The first kappa shape index (κ1) is 19.2. The van der Waals surface area contributed by atoms with Gasteiger partial charge in [-0.25, -0.2) is 4.79 Å². The van der Waals surface area contributed by atoms with Gasteiger partial charge in [0.2, 0.25) is 5.91 Å². The number of hydrogen-bond acceptors (Lipinski definition) is 3. The second-order valence-electron chi connectivity index (χ2n) is 7.18. The van der Waals surface area contributed by atoms with Crippen LogP contribution in [0.5, 0.6) is 0 Å². The lowest BCUT2D eigenvalue weighted by Crippen LogP contribution is -2.47. The first-order chi connectivity index (χ1) is 12.0. The normalized spacial score (nSPS) is 20.2. The Morgan fingerprint density at radius 3 is 2.84 bits per heavy atom. The van der Waals surface area contributed by atoms with Crippen molar-refractivity contribution in [3.05, 3.63) is 29.6 Å². The number of amides is 3. The molecule has 1 aliphatic carbocycles. The van der Waals surface area contributed by atoms with E-state index in [1.165, 1.54) is 5.56 Å². The van der Waals surface area contributed by atoms with Crippen molar-refractivity contribution >= 4 is 11.9 Å². The smallest absolute Gasteiger partial charge is 0.315 e. The molecule has 1 fully saturated rings. The van der Waals surface area contributed by atoms with Crippen LogP contribution in [0.1, 0.15) is 50.7 Å². The highest BCUT2D eigenvalue weighted by atomic mass is 16.2. The summed E-state index contributed by atoms with van der Waals surface area (Å²) in [4.78, 5) is 28.3. The van der Waals surface area contributed by atoms with Crippen LogP contribution < -0.4 is 16.0 Å². The number of nitrogens with one attached hydrogen (secondary N) is 3. The zero-order valence-electron chi connectivity index (χ0n) is 15.5. The monoisotopic (exact) mass is 346 g/mol. The molecule has 0 aliphatic heterocycles. The van der Waals surface area contributed by atoms with Crippen LogP contribution in [-0.4, -0.2) is 35.6 Å². The molecule has 1 aliphatic rings. The van der Waals surface area contributed by atoms with Gasteiger partial charge >= 0.3 is 6.03 Å². The molecule has 2 atom stereocenters. The molecule has 138 valence electrons. The Morgan fingerprint density at radius 1 is 1.32 bits per heavy atom. The van der Waals surface area contributed by atoms with Gasteiger partial charge in [0.25, 0.3) is 0 Å². The summed E-state index contributed by atoms with van der Waals surface area (Å²) in [6.07, 6.45) is 7.91. The second-order valence-corrected chi connectivity index (χ2v) is 7.18. The number of carbonyl (C=O) groups is 2. The summed E-state index contributed by atoms with van der Waals surface area (Å²) >= 11 is 0. The summed E-state index contributed by atoms with van der Waals surface area (Å²) < 4.78 is 0. The molecule has 3 N–H and O–H groups in total. The van der Waals surface area contributed by atoms with Crippen LogP contribution in [0.15, 0.2) is 18.5 Å². The van der Waals surface area contributed by atoms with Gasteiger partial charge < -0.3 is 16.0 Å². The molecule has 0 unspecified atom stereocenters. The Labute approximate surface area is 150 Å². The van der Waals surface area contributed by atoms with E-state index >= 15 is 0 Å². The van der Waals surface area contributed by atoms with E-state index in [2.05, 4.69) is 20.9 Å². The third-order valence-corrected chi connectivity index (χ3v) is 4.63. The maximum Gasteiger partial charge on any atom is 0.315 e. The molecule has 1 aromatic heterocycles. The van der Waals surface area contributed by atoms with Gasteiger partial charge in [-0.05, 0) is 63.6 Å². The van der Waals surface area contributed by atoms with Crippen LogP contribution in [0.2, 0.25) is 0 Å². The van der Waals surface area contributed by atoms with Crippen molar-refractivity contribution in [3.63, 3.8) is 0 Å². The zero-order chi connectivity index (χ0) is 18.2. The number of rotatable bonds is 6. The fraction of sp³-hybridized carbons (Fsp3) is 0.632. The molecule has 0 spiro atoms. The van der Waals surface area contributed by atoms with E-state index in [4.69, 9.17) is 0 Å². The van der Waals surface area contributed by atoms with Crippen molar-refractivity contribution in [3.8, 4) is 0 Å². The van der Waals surface area contributed by atoms with Crippen molar-refractivity contribution in [1.82, 2.24) is 20.9 Å². The second kappa shape index (κ2) is 9.39. The highest BCUT2D eigenvalue weighted by Gasteiger charge is 2.28. The van der Waals surface area contributed by atoms with Crippen molar-refractivity contribution in [1.29, 1.82) is 0 Å². The lowest BCUT2D eigenvalue weighted by molar-refractivity contribution is -0.126. The van der Waals surface area contributed by atoms with Gasteiger partial charge in [0, 0.05) is 36.9 Å². The summed E-state index contributed by atoms with van der Waals surface area (Å²) in [7, 11) is 0. The number of pyridine rings is 1. The van der Waals surface area contributed by atoms with Gasteiger partial charge in [0.05, 0.1) is 0 Å². The molecule has 25 heavy (non-hydrogen) atoms. The molecule has 6 nitrogen and oxygen atoms in total. The van der Waals surface area contributed by atoms with E-state index in [0.717, 1.165) is 37.7 Å². The Hall–Kier alpha value is -2.11. The first-order valence-corrected chi connectivity index (χ1v) is 9.20. The van der Waals surface area contributed by atoms with Crippen molar-refractivity contribution in [2.75, 3.05) is 6.54 Å². The van der Waals surface area contributed by atoms with E-state index in [-0.39, 0.29) is 29.9 Å². The molecule has 1 aromatic rings. The van der Waals surface area contributed by atoms with E-state index in [0.29, 0.717) is 6.54 Å². The molecular weight excluding hydrogens is 316 g/mol. The number of aromatic nitrogens is 1. The summed E-state index contributed by atoms with van der Waals surface area (Å²) in [5, 5.41) is 8.90. The van der Waals surface area contributed by atoms with E-state index < -0.39 is 0 Å². The Morgan fingerprint density at radius 2 is 2.12 bits per heavy atom. The van der Waals surface area contributed by atoms with Gasteiger partial charge in [0.1, 0.15) is 0 Å². The molecule has 0 bridgehead atoms. The van der Waals surface area contributed by atoms with Crippen LogP contribution in [0.3, 0.4) is 0 Å². The van der Waals surface area contributed by atoms with Crippen molar-refractivity contribution < 1.29 is 9.59 Å². The predicted octanol–water partition coefficient (Wildman–Crippen LogP) is 2.32. The number of hydrogen-bond donors (Lipinski definition) is 3. The summed E-state index contributed by atoms with van der Waals surface area (Å²) in [6.45, 7) is 6.54. The first-order valence-electron chi connectivity index (χ1n) is 9.20. The van der Waals surface area contributed by atoms with Gasteiger partial charge in [-0.2, -0.15) is 0 Å². The Balaban J connectivity index is 1.72. The van der Waals surface area contributed by atoms with Gasteiger partial charge in [-0.3, -0.25) is 9.78 Å². The molecule has 0 saturated heterocycles. The van der Waals surface area contributed by atoms with Crippen LogP contribution in [0, 0.1) is 12.8 Å². The minimum absolute atomic E-state index is 0.000850. The predicted molar refractivity (Wildman–Crippen MR) is 98.2 cm³/mol. The molecule has 0 radical (unpaired) electrons.